The molecular weight excluding hydrogens is 758 g/mol. The van der Waals surface area contributed by atoms with Gasteiger partial charge >= 0.3 is 11.0 Å². The summed E-state index contributed by atoms with van der Waals surface area (Å²) >= 11 is 21.0. The van der Waals surface area contributed by atoms with Crippen LogP contribution in [0.25, 0.3) is 0 Å². The molecule has 258 valence electrons. The first kappa shape index (κ1) is 33.6. The number of H-pyrrole nitrogens is 1. The number of anilines is 2. The Kier molecular flexibility index (Phi) is 8.30. The summed E-state index contributed by atoms with van der Waals surface area (Å²) in [7, 11) is 0. The van der Waals surface area contributed by atoms with E-state index >= 15 is 0 Å². The zero-order valence-electron chi connectivity index (χ0n) is 25.3. The molecule has 3 amide bonds. The molecule has 1 aromatic heterocycles. The summed E-state index contributed by atoms with van der Waals surface area (Å²) in [6, 6.07) is 14.2. The minimum Gasteiger partial charge on any atom is -0.483 e. The van der Waals surface area contributed by atoms with Gasteiger partial charge in [0.2, 0.25) is 11.8 Å². The number of thioether (sulfide) groups is 1. The predicted molar refractivity (Wildman–Crippen MR) is 184 cm³/mol. The van der Waals surface area contributed by atoms with Gasteiger partial charge in [-0.1, -0.05) is 58.3 Å². The van der Waals surface area contributed by atoms with Crippen molar-refractivity contribution in [3.8, 4) is 5.75 Å². The molecule has 3 fully saturated rings. The average molecular weight is 781 g/mol. The number of fused-ring (bicyclic) bond motifs is 9. The van der Waals surface area contributed by atoms with Crippen molar-refractivity contribution in [3.63, 3.8) is 0 Å². The van der Waals surface area contributed by atoms with E-state index < -0.39 is 59.5 Å². The molecule has 2 aliphatic carbocycles. The molecular formula is C34H23Cl3F3N3O5S2. The quantitative estimate of drug-likeness (QED) is 0.192. The van der Waals surface area contributed by atoms with Crippen LogP contribution >= 0.6 is 57.9 Å². The van der Waals surface area contributed by atoms with E-state index in [1.54, 1.807) is 30.3 Å². The predicted octanol–water partition coefficient (Wildman–Crippen LogP) is 8.11. The van der Waals surface area contributed by atoms with Crippen LogP contribution in [0.15, 0.2) is 70.5 Å². The summed E-state index contributed by atoms with van der Waals surface area (Å²) in [6.07, 6.45) is -4.26. The fourth-order valence-electron chi connectivity index (χ4n) is 8.32. The highest BCUT2D eigenvalue weighted by Crippen LogP contribution is 2.69. The minimum absolute atomic E-state index is 0.247. The molecule has 3 heterocycles. The Bertz CT molecular complexity index is 2160. The number of nitrogens with zero attached hydrogens (tertiary/aromatic N) is 1. The van der Waals surface area contributed by atoms with Gasteiger partial charge in [0.05, 0.1) is 38.2 Å². The van der Waals surface area contributed by atoms with Crippen molar-refractivity contribution < 1.29 is 32.3 Å². The largest absolute Gasteiger partial charge is 0.483 e. The lowest BCUT2D eigenvalue weighted by molar-refractivity contribution is -0.137. The van der Waals surface area contributed by atoms with Gasteiger partial charge in [-0.25, -0.2) is 4.90 Å². The molecule has 1 saturated heterocycles. The third-order valence-corrected chi connectivity index (χ3v) is 13.6. The number of aromatic amines is 1. The van der Waals surface area contributed by atoms with E-state index in [4.69, 9.17) is 39.5 Å². The van der Waals surface area contributed by atoms with Crippen LogP contribution in [-0.4, -0.2) is 34.6 Å². The van der Waals surface area contributed by atoms with Gasteiger partial charge in [-0.15, -0.1) is 11.8 Å². The number of rotatable bonds is 6. The van der Waals surface area contributed by atoms with Crippen molar-refractivity contribution >= 4 is 87.0 Å². The second kappa shape index (κ2) is 12.3. The molecule has 2 N–H and O–H groups in total. The Balaban J connectivity index is 1.14. The van der Waals surface area contributed by atoms with E-state index in [1.165, 1.54) is 30.0 Å². The van der Waals surface area contributed by atoms with E-state index in [2.05, 4.69) is 10.3 Å². The molecule has 16 heteroatoms. The van der Waals surface area contributed by atoms with Crippen LogP contribution in [-0.2, 0) is 20.6 Å². The van der Waals surface area contributed by atoms with Crippen LogP contribution in [0.1, 0.15) is 28.3 Å². The number of nitrogens with one attached hydrogen (secondary N) is 2. The van der Waals surface area contributed by atoms with Crippen LogP contribution in [0.2, 0.25) is 15.1 Å². The number of hydrogen-bond acceptors (Lipinski definition) is 7. The van der Waals surface area contributed by atoms with Crippen LogP contribution in [0.3, 0.4) is 0 Å². The van der Waals surface area contributed by atoms with Crippen LogP contribution in [0.4, 0.5) is 24.5 Å². The molecule has 0 spiro atoms. The zero-order valence-corrected chi connectivity index (χ0v) is 29.2. The second-order valence-corrected chi connectivity index (χ2v) is 16.1. The number of aromatic nitrogens is 1. The first-order valence-electron chi connectivity index (χ1n) is 15.4. The second-order valence-electron chi connectivity index (χ2n) is 12.6. The number of imide groups is 1. The van der Waals surface area contributed by atoms with Crippen molar-refractivity contribution in [3.05, 3.63) is 101 Å². The van der Waals surface area contributed by atoms with E-state index in [-0.39, 0.29) is 32.9 Å². The first-order chi connectivity index (χ1) is 23.8. The van der Waals surface area contributed by atoms with Crippen LogP contribution < -0.4 is 19.8 Å². The number of alkyl halides is 3. The number of amides is 3. The third kappa shape index (κ3) is 5.44. The maximum atomic E-state index is 14.1. The zero-order chi connectivity index (χ0) is 35.2. The molecule has 2 bridgehead atoms. The van der Waals surface area contributed by atoms with Gasteiger partial charge in [-0.05, 0) is 72.7 Å². The van der Waals surface area contributed by atoms with E-state index in [1.807, 2.05) is 0 Å². The monoisotopic (exact) mass is 779 g/mol. The molecule has 2 aliphatic heterocycles. The third-order valence-electron chi connectivity index (χ3n) is 10.0. The number of hydrogen-bond donors (Lipinski definition) is 2. The summed E-state index contributed by atoms with van der Waals surface area (Å²) < 4.78 is 48.1. The molecule has 2 saturated carbocycles. The molecule has 50 heavy (non-hydrogen) atoms. The van der Waals surface area contributed by atoms with Crippen molar-refractivity contribution in [2.45, 2.75) is 28.8 Å². The van der Waals surface area contributed by atoms with Gasteiger partial charge in [0.25, 0.3) is 5.91 Å². The lowest BCUT2D eigenvalue weighted by atomic mass is 9.68. The summed E-state index contributed by atoms with van der Waals surface area (Å²) in [5.74, 6) is -4.62. The smallest absolute Gasteiger partial charge is 0.418 e. The topological polar surface area (TPSA) is 109 Å². The maximum absolute atomic E-state index is 14.1. The van der Waals surface area contributed by atoms with Crippen molar-refractivity contribution in [1.29, 1.82) is 0 Å². The van der Waals surface area contributed by atoms with E-state index in [0.717, 1.165) is 28.4 Å². The Hall–Kier alpha value is -3.49. The Labute approximate surface area is 305 Å². The standard InChI is InChI=1S/C34H23Cl3F3N3O5S2/c35-13-5-8-22(48-12-23(44)41-14-6-7-19(36)20(37)10-14)15(9-13)24-25-16-11-17(28(25)49-30-29(24)50-33(47)42-30)27-26(16)31(45)43(32(27)46)21-4-2-1-3-18(21)34(38,39)40/h1-10,16-17,24-28H,11-12H2,(H,41,44)(H,42,47)/t16-,17-,24-,25?,26?,27?,28?/m1/s1. The van der Waals surface area contributed by atoms with E-state index in [0.29, 0.717) is 43.4 Å². The normalized spacial score (nSPS) is 26.5. The summed E-state index contributed by atoms with van der Waals surface area (Å²) in [5, 5.41) is 4.05. The molecule has 4 aromatic rings. The Morgan fingerprint density at radius 2 is 1.70 bits per heavy atom. The van der Waals surface area contributed by atoms with Gasteiger partial charge in [0.15, 0.2) is 6.61 Å². The Morgan fingerprint density at radius 3 is 2.44 bits per heavy atom. The lowest BCUT2D eigenvalue weighted by Crippen LogP contribution is -2.42. The highest BCUT2D eigenvalue weighted by atomic mass is 35.5. The molecule has 4 aliphatic rings. The summed E-state index contributed by atoms with van der Waals surface area (Å²) in [4.78, 5) is 57.8. The Morgan fingerprint density at radius 1 is 0.960 bits per heavy atom. The fourth-order valence-corrected chi connectivity index (χ4v) is 11.7. The lowest BCUT2D eigenvalue weighted by Gasteiger charge is -2.43. The number of benzene rings is 3. The molecule has 0 radical (unpaired) electrons. The molecule has 7 atom stereocenters. The fraction of sp³-hybridized carbons (Fsp3) is 0.294. The molecule has 4 unspecified atom stereocenters. The number of carbonyl (C=O) groups is 3. The summed E-state index contributed by atoms with van der Waals surface area (Å²) in [6.45, 7) is -0.391. The van der Waals surface area contributed by atoms with Gasteiger partial charge < -0.3 is 15.0 Å². The number of halogens is 6. The first-order valence-corrected chi connectivity index (χ1v) is 18.3. The molecule has 8 nitrogen and oxygen atoms in total. The highest BCUT2D eigenvalue weighted by molar-refractivity contribution is 8.00. The van der Waals surface area contributed by atoms with E-state index in [9.17, 15) is 32.3 Å². The SMILES string of the molecule is O=C(COc1ccc(Cl)cc1[C@H]1c2sc(=O)[nH]c2SC2C1[C@H]1C[C@@H]2C2C(=O)N(c3ccccc3C(F)(F)F)C(=O)C21)Nc1ccc(Cl)c(Cl)c1. The number of ether oxygens (including phenoxy) is 1. The molecule has 8 rings (SSSR count). The number of para-hydroxylation sites is 1. The van der Waals surface area contributed by atoms with Gasteiger partial charge in [0.1, 0.15) is 5.75 Å². The number of carbonyl (C=O) groups excluding carboxylic acids is 3. The van der Waals surface area contributed by atoms with Gasteiger partial charge in [-0.2, -0.15) is 13.2 Å². The maximum Gasteiger partial charge on any atom is 0.418 e. The van der Waals surface area contributed by atoms with Crippen LogP contribution in [0.5, 0.6) is 5.75 Å². The van der Waals surface area contributed by atoms with Crippen molar-refractivity contribution in [2.24, 2.45) is 29.6 Å². The van der Waals surface area contributed by atoms with Gasteiger partial charge in [0, 0.05) is 32.3 Å². The van der Waals surface area contributed by atoms with Crippen LogP contribution in [0, 0.1) is 29.6 Å². The molecule has 3 aromatic carbocycles. The minimum atomic E-state index is -4.77. The summed E-state index contributed by atoms with van der Waals surface area (Å²) in [5.41, 5.74) is -0.518. The van der Waals surface area contributed by atoms with Crippen molar-refractivity contribution in [1.82, 2.24) is 4.98 Å². The van der Waals surface area contributed by atoms with Crippen molar-refractivity contribution in [2.75, 3.05) is 16.8 Å². The van der Waals surface area contributed by atoms with Gasteiger partial charge in [-0.3, -0.25) is 19.2 Å². The number of thiazole rings is 1. The average Bonchev–Trinajstić information content (AvgIpc) is 3.80. The highest BCUT2D eigenvalue weighted by Gasteiger charge is 2.70.